The summed E-state index contributed by atoms with van der Waals surface area (Å²) in [6.07, 6.45) is 1.99. The second-order valence-electron chi connectivity index (χ2n) is 5.53. The van der Waals surface area contributed by atoms with E-state index in [1.165, 1.54) is 0 Å². The van der Waals surface area contributed by atoms with Crippen molar-refractivity contribution in [3.05, 3.63) is 23.8 Å². The minimum Gasteiger partial charge on any atom is -0.493 e. The number of carbonyl (C=O) groups excluding carboxylic acids is 1. The molecule has 1 unspecified atom stereocenters. The average Bonchev–Trinajstić information content (AvgIpc) is 3.07. The summed E-state index contributed by atoms with van der Waals surface area (Å²) in [4.78, 5) is 14.4. The van der Waals surface area contributed by atoms with Crippen LogP contribution in [0, 0.1) is 0 Å². The lowest BCUT2D eigenvalue weighted by Gasteiger charge is -2.26. The molecular formula is C17H26N2O4. The molecule has 23 heavy (non-hydrogen) atoms. The molecule has 0 saturated carbocycles. The van der Waals surface area contributed by atoms with Crippen molar-refractivity contribution < 1.29 is 19.0 Å². The Bertz CT molecular complexity index is 521. The van der Waals surface area contributed by atoms with Gasteiger partial charge in [0.25, 0.3) is 0 Å². The summed E-state index contributed by atoms with van der Waals surface area (Å²) in [5.74, 6) is 1.52. The fraction of sp³-hybridized carbons (Fsp3) is 0.588. The number of hydrogen-bond donors (Lipinski definition) is 1. The predicted octanol–water partition coefficient (Wildman–Crippen LogP) is 1.60. The molecule has 1 heterocycles. The molecule has 6 nitrogen and oxygen atoms in total. The van der Waals surface area contributed by atoms with Gasteiger partial charge in [0.05, 0.1) is 33.4 Å². The molecule has 1 saturated heterocycles. The summed E-state index contributed by atoms with van der Waals surface area (Å²) >= 11 is 0. The van der Waals surface area contributed by atoms with E-state index in [1.54, 1.807) is 21.3 Å². The molecule has 1 atom stereocenters. The van der Waals surface area contributed by atoms with Gasteiger partial charge < -0.3 is 24.4 Å². The van der Waals surface area contributed by atoms with Gasteiger partial charge in [-0.25, -0.2) is 0 Å². The highest BCUT2D eigenvalue weighted by Crippen LogP contribution is 2.36. The first-order valence-corrected chi connectivity index (χ1v) is 7.92. The predicted molar refractivity (Wildman–Crippen MR) is 88.0 cm³/mol. The third kappa shape index (κ3) is 4.36. The Hall–Kier alpha value is -1.79. The number of rotatable bonds is 8. The molecule has 128 valence electrons. The Kier molecular flexibility index (Phi) is 6.67. The lowest BCUT2D eigenvalue weighted by Crippen LogP contribution is -2.38. The molecule has 0 aliphatic carbocycles. The Morgan fingerprint density at radius 2 is 2.04 bits per heavy atom. The zero-order chi connectivity index (χ0) is 16.7. The monoisotopic (exact) mass is 322 g/mol. The van der Waals surface area contributed by atoms with E-state index in [1.807, 2.05) is 23.1 Å². The number of hydrogen-bond acceptors (Lipinski definition) is 5. The van der Waals surface area contributed by atoms with Crippen LogP contribution in [0.4, 0.5) is 0 Å². The number of ether oxygens (including phenoxy) is 3. The number of methoxy groups -OCH3 is 3. The minimum atomic E-state index is 0.103. The molecule has 1 aliphatic heterocycles. The number of nitrogens with one attached hydrogen (secondary N) is 1. The highest BCUT2D eigenvalue weighted by Gasteiger charge is 2.30. The van der Waals surface area contributed by atoms with Crippen molar-refractivity contribution in [3.8, 4) is 11.5 Å². The number of nitrogens with zero attached hydrogens (tertiary/aromatic N) is 1. The molecule has 0 spiro atoms. The third-order valence-electron chi connectivity index (χ3n) is 4.12. The molecule has 1 amide bonds. The smallest absolute Gasteiger partial charge is 0.237 e. The molecule has 1 fully saturated rings. The van der Waals surface area contributed by atoms with Crippen molar-refractivity contribution >= 4 is 5.91 Å². The van der Waals surface area contributed by atoms with Gasteiger partial charge in [0.1, 0.15) is 0 Å². The Morgan fingerprint density at radius 1 is 1.26 bits per heavy atom. The summed E-state index contributed by atoms with van der Waals surface area (Å²) < 4.78 is 15.6. The Balaban J connectivity index is 2.04. The standard InChI is InChI=1S/C17H26N2O4/c1-21-10-8-18-12-17(20)19-9-4-5-14(19)13-6-7-15(22-2)16(11-13)23-3/h6-7,11,14,18H,4-5,8-10,12H2,1-3H3. The summed E-state index contributed by atoms with van der Waals surface area (Å²) in [6.45, 7) is 2.42. The molecule has 0 radical (unpaired) electrons. The molecule has 1 N–H and O–H groups in total. The van der Waals surface area contributed by atoms with Gasteiger partial charge in [-0.2, -0.15) is 0 Å². The molecule has 1 aromatic carbocycles. The quantitative estimate of drug-likeness (QED) is 0.737. The van der Waals surface area contributed by atoms with Gasteiger partial charge in [-0.3, -0.25) is 4.79 Å². The van der Waals surface area contributed by atoms with Crippen LogP contribution in [0.1, 0.15) is 24.4 Å². The van der Waals surface area contributed by atoms with Crippen LogP contribution in [-0.2, 0) is 9.53 Å². The van der Waals surface area contributed by atoms with Crippen molar-refractivity contribution in [1.82, 2.24) is 10.2 Å². The fourth-order valence-electron chi connectivity index (χ4n) is 2.94. The van der Waals surface area contributed by atoms with E-state index >= 15 is 0 Å². The van der Waals surface area contributed by atoms with Gasteiger partial charge in [0.2, 0.25) is 5.91 Å². The van der Waals surface area contributed by atoms with E-state index < -0.39 is 0 Å². The van der Waals surface area contributed by atoms with Crippen LogP contribution < -0.4 is 14.8 Å². The van der Waals surface area contributed by atoms with Crippen molar-refractivity contribution in [2.75, 3.05) is 47.6 Å². The molecule has 0 aromatic heterocycles. The minimum absolute atomic E-state index is 0.103. The zero-order valence-electron chi connectivity index (χ0n) is 14.1. The van der Waals surface area contributed by atoms with Crippen LogP contribution in [0.2, 0.25) is 0 Å². The number of benzene rings is 1. The first-order chi connectivity index (χ1) is 11.2. The van der Waals surface area contributed by atoms with Gasteiger partial charge in [0.15, 0.2) is 11.5 Å². The van der Waals surface area contributed by atoms with Gasteiger partial charge in [-0.1, -0.05) is 6.07 Å². The SMILES string of the molecule is COCCNCC(=O)N1CCCC1c1ccc(OC)c(OC)c1. The van der Waals surface area contributed by atoms with Crippen LogP contribution in [0.3, 0.4) is 0 Å². The second kappa shape index (κ2) is 8.74. The van der Waals surface area contributed by atoms with E-state index in [0.717, 1.165) is 24.9 Å². The number of likely N-dealkylation sites (tertiary alicyclic amines) is 1. The largest absolute Gasteiger partial charge is 0.493 e. The van der Waals surface area contributed by atoms with Gasteiger partial charge >= 0.3 is 0 Å². The Labute approximate surface area is 137 Å². The fourth-order valence-corrected chi connectivity index (χ4v) is 2.94. The van der Waals surface area contributed by atoms with E-state index in [4.69, 9.17) is 14.2 Å². The second-order valence-corrected chi connectivity index (χ2v) is 5.53. The van der Waals surface area contributed by atoms with E-state index in [2.05, 4.69) is 5.32 Å². The molecule has 2 rings (SSSR count). The maximum atomic E-state index is 12.4. The van der Waals surface area contributed by atoms with E-state index in [0.29, 0.717) is 31.2 Å². The first-order valence-electron chi connectivity index (χ1n) is 7.92. The van der Waals surface area contributed by atoms with E-state index in [9.17, 15) is 4.79 Å². The van der Waals surface area contributed by atoms with Gasteiger partial charge in [-0.05, 0) is 30.5 Å². The first kappa shape index (κ1) is 17.6. The summed E-state index contributed by atoms with van der Waals surface area (Å²) in [5, 5.41) is 3.11. The molecule has 0 bridgehead atoms. The summed E-state index contributed by atoms with van der Waals surface area (Å²) in [7, 11) is 4.89. The molecule has 1 aliphatic rings. The van der Waals surface area contributed by atoms with Crippen LogP contribution in [0.5, 0.6) is 11.5 Å². The highest BCUT2D eigenvalue weighted by atomic mass is 16.5. The molecular weight excluding hydrogens is 296 g/mol. The molecule has 6 heteroatoms. The number of carbonyl (C=O) groups is 1. The van der Waals surface area contributed by atoms with Gasteiger partial charge in [-0.15, -0.1) is 0 Å². The lowest BCUT2D eigenvalue weighted by atomic mass is 10.0. The Morgan fingerprint density at radius 3 is 2.74 bits per heavy atom. The van der Waals surface area contributed by atoms with Crippen LogP contribution in [0.15, 0.2) is 18.2 Å². The van der Waals surface area contributed by atoms with Gasteiger partial charge in [0, 0.05) is 20.2 Å². The zero-order valence-corrected chi connectivity index (χ0v) is 14.1. The normalized spacial score (nSPS) is 17.3. The number of amides is 1. The average molecular weight is 322 g/mol. The van der Waals surface area contributed by atoms with Crippen molar-refractivity contribution in [3.63, 3.8) is 0 Å². The maximum Gasteiger partial charge on any atom is 0.237 e. The third-order valence-corrected chi connectivity index (χ3v) is 4.12. The van der Waals surface area contributed by atoms with Crippen LogP contribution in [-0.4, -0.2) is 58.4 Å². The molecule has 1 aromatic rings. The summed E-state index contributed by atoms with van der Waals surface area (Å²) in [6, 6.07) is 5.97. The van der Waals surface area contributed by atoms with Crippen molar-refractivity contribution in [2.45, 2.75) is 18.9 Å². The highest BCUT2D eigenvalue weighted by molar-refractivity contribution is 5.79. The lowest BCUT2D eigenvalue weighted by molar-refractivity contribution is -0.131. The maximum absolute atomic E-state index is 12.4. The van der Waals surface area contributed by atoms with Crippen molar-refractivity contribution in [1.29, 1.82) is 0 Å². The van der Waals surface area contributed by atoms with Crippen molar-refractivity contribution in [2.24, 2.45) is 0 Å². The van der Waals surface area contributed by atoms with E-state index in [-0.39, 0.29) is 11.9 Å². The topological polar surface area (TPSA) is 60.0 Å². The van der Waals surface area contributed by atoms with Crippen LogP contribution in [0.25, 0.3) is 0 Å². The van der Waals surface area contributed by atoms with Crippen LogP contribution >= 0.6 is 0 Å². The summed E-state index contributed by atoms with van der Waals surface area (Å²) in [5.41, 5.74) is 1.09.